The van der Waals surface area contributed by atoms with E-state index in [2.05, 4.69) is 5.32 Å². The summed E-state index contributed by atoms with van der Waals surface area (Å²) in [6.07, 6.45) is 0. The first kappa shape index (κ1) is 16.4. The van der Waals surface area contributed by atoms with Gasteiger partial charge in [-0.1, -0.05) is 0 Å². The highest BCUT2D eigenvalue weighted by Crippen LogP contribution is 2.24. The zero-order valence-corrected chi connectivity index (χ0v) is 12.7. The fraction of sp³-hybridized carbons (Fsp3) is 0.462. The van der Waals surface area contributed by atoms with Gasteiger partial charge in [0.1, 0.15) is 11.1 Å². The topological polar surface area (TPSA) is 89.3 Å². The van der Waals surface area contributed by atoms with Gasteiger partial charge in [-0.15, -0.1) is 0 Å². The van der Waals surface area contributed by atoms with Gasteiger partial charge >= 0.3 is 0 Å². The van der Waals surface area contributed by atoms with Crippen molar-refractivity contribution in [3.8, 4) is 0 Å². The summed E-state index contributed by atoms with van der Waals surface area (Å²) < 4.78 is 37.8. The molecule has 0 saturated heterocycles. The second-order valence-corrected chi connectivity index (χ2v) is 7.85. The highest BCUT2D eigenvalue weighted by molar-refractivity contribution is 7.93. The molecule has 1 unspecified atom stereocenters. The van der Waals surface area contributed by atoms with Crippen LogP contribution in [0.5, 0.6) is 0 Å². The lowest BCUT2D eigenvalue weighted by Crippen LogP contribution is -2.47. The van der Waals surface area contributed by atoms with Gasteiger partial charge < -0.3 is 11.1 Å². The maximum atomic E-state index is 13.2. The molecule has 0 bridgehead atoms. The average Bonchev–Trinajstić information content (AvgIpc) is 2.28. The zero-order chi connectivity index (χ0) is 15.7. The van der Waals surface area contributed by atoms with Crippen LogP contribution in [0.3, 0.4) is 0 Å². The summed E-state index contributed by atoms with van der Waals surface area (Å²) in [5, 5.41) is 1.22. The number of carbonyl (C=O) groups excluding carboxylic acids is 1. The van der Waals surface area contributed by atoms with Crippen molar-refractivity contribution < 1.29 is 17.6 Å². The van der Waals surface area contributed by atoms with Crippen LogP contribution >= 0.6 is 0 Å². The molecule has 0 aliphatic heterocycles. The minimum absolute atomic E-state index is 0.0817. The lowest BCUT2D eigenvalue weighted by molar-refractivity contribution is -0.121. The van der Waals surface area contributed by atoms with Gasteiger partial charge in [0.15, 0.2) is 9.84 Å². The number of carbonyl (C=O) groups is 1. The summed E-state index contributed by atoms with van der Waals surface area (Å²) in [7, 11) is -4.04. The third-order valence-corrected chi connectivity index (χ3v) is 4.73. The lowest BCUT2D eigenvalue weighted by Gasteiger charge is -2.23. The van der Waals surface area contributed by atoms with E-state index < -0.39 is 32.4 Å². The van der Waals surface area contributed by atoms with Crippen molar-refractivity contribution >= 4 is 21.4 Å². The molecule has 1 amide bonds. The van der Waals surface area contributed by atoms with Crippen molar-refractivity contribution in [2.75, 3.05) is 5.73 Å². The van der Waals surface area contributed by atoms with Crippen molar-refractivity contribution in [3.63, 3.8) is 0 Å². The molecule has 1 aromatic carbocycles. The standard InChI is InChI=1S/C13H19FN2O3S/c1-8(12(17)16-13(2,3)4)20(18,19)11-7-9(14)5-6-10(11)15/h5-8H,15H2,1-4H3,(H,16,17). The Morgan fingerprint density at radius 1 is 1.35 bits per heavy atom. The second-order valence-electron chi connectivity index (χ2n) is 5.61. The molecule has 7 heteroatoms. The summed E-state index contributed by atoms with van der Waals surface area (Å²) >= 11 is 0. The first-order valence-electron chi connectivity index (χ1n) is 6.06. The summed E-state index contributed by atoms with van der Waals surface area (Å²) in [6, 6.07) is 3.05. The van der Waals surface area contributed by atoms with Gasteiger partial charge in [-0.2, -0.15) is 0 Å². The highest BCUT2D eigenvalue weighted by atomic mass is 32.2. The number of anilines is 1. The van der Waals surface area contributed by atoms with Gasteiger partial charge in [0.2, 0.25) is 5.91 Å². The van der Waals surface area contributed by atoms with Gasteiger partial charge in [-0.3, -0.25) is 4.79 Å². The van der Waals surface area contributed by atoms with Gasteiger partial charge in [0, 0.05) is 5.54 Å². The van der Waals surface area contributed by atoms with E-state index in [9.17, 15) is 17.6 Å². The monoisotopic (exact) mass is 302 g/mol. The Morgan fingerprint density at radius 3 is 2.40 bits per heavy atom. The molecule has 0 aliphatic carbocycles. The van der Waals surface area contributed by atoms with E-state index in [1.807, 2.05) is 0 Å². The van der Waals surface area contributed by atoms with Crippen LogP contribution in [-0.2, 0) is 14.6 Å². The van der Waals surface area contributed by atoms with E-state index in [4.69, 9.17) is 5.73 Å². The Labute approximate surface area is 118 Å². The van der Waals surface area contributed by atoms with Gasteiger partial charge in [-0.05, 0) is 45.9 Å². The van der Waals surface area contributed by atoms with Crippen LogP contribution in [-0.4, -0.2) is 25.1 Å². The first-order valence-corrected chi connectivity index (χ1v) is 7.61. The SMILES string of the molecule is CC(C(=O)NC(C)(C)C)S(=O)(=O)c1cc(F)ccc1N. The van der Waals surface area contributed by atoms with Crippen molar-refractivity contribution in [2.24, 2.45) is 0 Å². The maximum absolute atomic E-state index is 13.2. The normalized spacial score (nSPS) is 13.8. The number of nitrogen functional groups attached to an aromatic ring is 1. The Kier molecular flexibility index (Phi) is 4.43. The van der Waals surface area contributed by atoms with E-state index in [1.54, 1.807) is 20.8 Å². The summed E-state index contributed by atoms with van der Waals surface area (Å²) in [5.41, 5.74) is 4.92. The quantitative estimate of drug-likeness (QED) is 0.828. The summed E-state index contributed by atoms with van der Waals surface area (Å²) in [6.45, 7) is 6.46. The van der Waals surface area contributed by atoms with E-state index in [-0.39, 0.29) is 10.6 Å². The molecule has 0 aromatic heterocycles. The fourth-order valence-corrected chi connectivity index (χ4v) is 2.95. The van der Waals surface area contributed by atoms with Crippen LogP contribution in [0.25, 0.3) is 0 Å². The molecule has 1 rings (SSSR count). The van der Waals surface area contributed by atoms with Crippen molar-refractivity contribution in [1.82, 2.24) is 5.32 Å². The molecule has 0 aliphatic rings. The molecule has 1 aromatic rings. The maximum Gasteiger partial charge on any atom is 0.238 e. The van der Waals surface area contributed by atoms with Crippen LogP contribution in [0.15, 0.2) is 23.1 Å². The number of hydrogen-bond donors (Lipinski definition) is 2. The van der Waals surface area contributed by atoms with E-state index in [1.165, 1.54) is 6.92 Å². The molecular weight excluding hydrogens is 283 g/mol. The summed E-state index contributed by atoms with van der Waals surface area (Å²) in [5.74, 6) is -1.37. The number of sulfone groups is 1. The number of halogens is 1. The number of nitrogens with two attached hydrogens (primary N) is 1. The number of rotatable bonds is 3. The molecular formula is C13H19FN2O3S. The Hall–Kier alpha value is -1.63. The van der Waals surface area contributed by atoms with E-state index in [0.717, 1.165) is 18.2 Å². The molecule has 112 valence electrons. The highest BCUT2D eigenvalue weighted by Gasteiger charge is 2.33. The largest absolute Gasteiger partial charge is 0.398 e. The van der Waals surface area contributed by atoms with Crippen LogP contribution in [0, 0.1) is 5.82 Å². The van der Waals surface area contributed by atoms with Crippen LogP contribution in [0.4, 0.5) is 10.1 Å². The molecule has 5 nitrogen and oxygen atoms in total. The van der Waals surface area contributed by atoms with Crippen molar-refractivity contribution in [3.05, 3.63) is 24.0 Å². The minimum Gasteiger partial charge on any atom is -0.398 e. The van der Waals surface area contributed by atoms with Crippen LogP contribution in [0.1, 0.15) is 27.7 Å². The van der Waals surface area contributed by atoms with E-state index >= 15 is 0 Å². The third-order valence-electron chi connectivity index (χ3n) is 2.62. The van der Waals surface area contributed by atoms with Gasteiger partial charge in [0.05, 0.1) is 10.6 Å². The number of amides is 1. The van der Waals surface area contributed by atoms with E-state index in [0.29, 0.717) is 0 Å². The molecule has 20 heavy (non-hydrogen) atoms. The van der Waals surface area contributed by atoms with Crippen molar-refractivity contribution in [2.45, 2.75) is 43.4 Å². The molecule has 3 N–H and O–H groups in total. The Morgan fingerprint density at radius 2 is 1.90 bits per heavy atom. The van der Waals surface area contributed by atoms with Gasteiger partial charge in [0.25, 0.3) is 0 Å². The minimum atomic E-state index is -4.04. The Balaban J connectivity index is 3.16. The zero-order valence-electron chi connectivity index (χ0n) is 11.9. The van der Waals surface area contributed by atoms with Crippen molar-refractivity contribution in [1.29, 1.82) is 0 Å². The number of benzene rings is 1. The molecule has 0 fully saturated rings. The number of nitrogens with one attached hydrogen (secondary N) is 1. The molecule has 0 saturated carbocycles. The smallest absolute Gasteiger partial charge is 0.238 e. The molecule has 0 spiro atoms. The lowest BCUT2D eigenvalue weighted by atomic mass is 10.1. The summed E-state index contributed by atoms with van der Waals surface area (Å²) in [4.78, 5) is 11.6. The fourth-order valence-electron chi connectivity index (χ4n) is 1.56. The van der Waals surface area contributed by atoms with Gasteiger partial charge in [-0.25, -0.2) is 12.8 Å². The Bertz CT molecular complexity index is 621. The van der Waals surface area contributed by atoms with Crippen LogP contribution < -0.4 is 11.1 Å². The second kappa shape index (κ2) is 5.40. The predicted molar refractivity (Wildman–Crippen MR) is 75.4 cm³/mol. The third kappa shape index (κ3) is 3.69. The average molecular weight is 302 g/mol. The predicted octanol–water partition coefficient (Wildman–Crippen LogP) is 1.48. The van der Waals surface area contributed by atoms with Crippen LogP contribution in [0.2, 0.25) is 0 Å². The number of hydrogen-bond acceptors (Lipinski definition) is 4. The molecule has 0 radical (unpaired) electrons. The first-order chi connectivity index (χ1) is 8.95. The molecule has 0 heterocycles. The molecule has 1 atom stereocenters.